The predicted molar refractivity (Wildman–Crippen MR) is 82.4 cm³/mol. The van der Waals surface area contributed by atoms with Crippen molar-refractivity contribution in [2.24, 2.45) is 12.2 Å². The minimum atomic E-state index is -3.85. The van der Waals surface area contributed by atoms with E-state index in [1.54, 1.807) is 16.8 Å². The van der Waals surface area contributed by atoms with Crippen LogP contribution in [0.25, 0.3) is 0 Å². The third-order valence-corrected chi connectivity index (χ3v) is 4.40. The Balaban J connectivity index is 2.26. The van der Waals surface area contributed by atoms with Crippen molar-refractivity contribution in [1.82, 2.24) is 9.78 Å². The minimum Gasteiger partial charge on any atom is -0.486 e. The molecule has 1 heterocycles. The number of primary sulfonamides is 1. The third kappa shape index (κ3) is 3.84. The van der Waals surface area contributed by atoms with Crippen molar-refractivity contribution in [3.8, 4) is 5.75 Å². The van der Waals surface area contributed by atoms with Gasteiger partial charge in [0, 0.05) is 11.5 Å². The lowest BCUT2D eigenvalue weighted by Gasteiger charge is -2.10. The van der Waals surface area contributed by atoms with Gasteiger partial charge in [-0.25, -0.2) is 13.6 Å². The topological polar surface area (TPSA) is 87.2 Å². The molecule has 2 N–H and O–H groups in total. The standard InChI is InChI=1S/C13H16BrN3O3S/c1-3-10-7-11(17(2)16-10)8-20-12-5-4-9(14)6-13(12)21(15,18)19/h4-7H,3,8H2,1-2H3,(H2,15,18,19). The van der Waals surface area contributed by atoms with Gasteiger partial charge in [0.25, 0.3) is 0 Å². The quantitative estimate of drug-likeness (QED) is 0.867. The molecule has 0 spiro atoms. The van der Waals surface area contributed by atoms with Gasteiger partial charge < -0.3 is 4.74 Å². The molecule has 0 aliphatic rings. The van der Waals surface area contributed by atoms with E-state index in [4.69, 9.17) is 9.88 Å². The molecule has 0 unspecified atom stereocenters. The van der Waals surface area contributed by atoms with Crippen LogP contribution >= 0.6 is 15.9 Å². The molecule has 0 bridgehead atoms. The first-order valence-electron chi connectivity index (χ1n) is 6.28. The van der Waals surface area contributed by atoms with Gasteiger partial charge in [-0.05, 0) is 30.7 Å². The highest BCUT2D eigenvalue weighted by molar-refractivity contribution is 9.10. The first kappa shape index (κ1) is 16.0. The second-order valence-electron chi connectivity index (χ2n) is 4.53. The van der Waals surface area contributed by atoms with Crippen molar-refractivity contribution in [2.75, 3.05) is 0 Å². The molecule has 1 aromatic heterocycles. The Morgan fingerprint density at radius 1 is 1.38 bits per heavy atom. The highest BCUT2D eigenvalue weighted by atomic mass is 79.9. The van der Waals surface area contributed by atoms with Gasteiger partial charge >= 0.3 is 0 Å². The van der Waals surface area contributed by atoms with Crippen molar-refractivity contribution in [1.29, 1.82) is 0 Å². The summed E-state index contributed by atoms with van der Waals surface area (Å²) in [5, 5.41) is 9.52. The van der Waals surface area contributed by atoms with E-state index in [2.05, 4.69) is 21.0 Å². The van der Waals surface area contributed by atoms with E-state index in [-0.39, 0.29) is 17.3 Å². The van der Waals surface area contributed by atoms with Gasteiger partial charge in [-0.15, -0.1) is 0 Å². The van der Waals surface area contributed by atoms with Crippen molar-refractivity contribution >= 4 is 26.0 Å². The molecule has 0 atom stereocenters. The van der Waals surface area contributed by atoms with Crippen LogP contribution in [0.1, 0.15) is 18.3 Å². The smallest absolute Gasteiger partial charge is 0.241 e. The second-order valence-corrected chi connectivity index (χ2v) is 6.97. The lowest BCUT2D eigenvalue weighted by molar-refractivity contribution is 0.287. The highest BCUT2D eigenvalue weighted by Crippen LogP contribution is 2.27. The number of nitrogens with two attached hydrogens (primary N) is 1. The zero-order chi connectivity index (χ0) is 15.6. The summed E-state index contributed by atoms with van der Waals surface area (Å²) in [5.41, 5.74) is 1.81. The molecule has 6 nitrogen and oxygen atoms in total. The summed E-state index contributed by atoms with van der Waals surface area (Å²) in [6, 6.07) is 6.62. The summed E-state index contributed by atoms with van der Waals surface area (Å²) in [6.07, 6.45) is 0.828. The summed E-state index contributed by atoms with van der Waals surface area (Å²) in [7, 11) is -2.03. The van der Waals surface area contributed by atoms with Crippen molar-refractivity contribution in [2.45, 2.75) is 24.8 Å². The van der Waals surface area contributed by atoms with E-state index < -0.39 is 10.0 Å². The van der Waals surface area contributed by atoms with E-state index in [1.807, 2.05) is 20.0 Å². The van der Waals surface area contributed by atoms with E-state index in [0.29, 0.717) is 4.47 Å². The minimum absolute atomic E-state index is 0.0465. The normalized spacial score (nSPS) is 11.6. The van der Waals surface area contributed by atoms with E-state index in [1.165, 1.54) is 6.07 Å². The molecule has 21 heavy (non-hydrogen) atoms. The number of hydrogen-bond donors (Lipinski definition) is 1. The second kappa shape index (κ2) is 6.17. The first-order valence-corrected chi connectivity index (χ1v) is 8.62. The van der Waals surface area contributed by atoms with Crippen LogP contribution < -0.4 is 9.88 Å². The number of aryl methyl sites for hydroxylation is 2. The largest absolute Gasteiger partial charge is 0.486 e. The fourth-order valence-electron chi connectivity index (χ4n) is 1.85. The van der Waals surface area contributed by atoms with Crippen LogP contribution in [-0.4, -0.2) is 18.2 Å². The average molecular weight is 374 g/mol. The van der Waals surface area contributed by atoms with Crippen LogP contribution in [0.4, 0.5) is 0 Å². The maximum Gasteiger partial charge on any atom is 0.241 e. The Morgan fingerprint density at radius 2 is 2.10 bits per heavy atom. The van der Waals surface area contributed by atoms with Gasteiger partial charge in [0.05, 0.1) is 11.4 Å². The van der Waals surface area contributed by atoms with Crippen LogP contribution in [0.15, 0.2) is 33.6 Å². The van der Waals surface area contributed by atoms with Crippen molar-refractivity contribution in [3.63, 3.8) is 0 Å². The average Bonchev–Trinajstić information content (AvgIpc) is 2.77. The number of nitrogens with zero attached hydrogens (tertiary/aromatic N) is 2. The maximum absolute atomic E-state index is 11.6. The van der Waals surface area contributed by atoms with Crippen molar-refractivity contribution in [3.05, 3.63) is 40.1 Å². The predicted octanol–water partition coefficient (Wildman–Crippen LogP) is 1.97. The monoisotopic (exact) mass is 373 g/mol. The molecule has 0 aliphatic heterocycles. The van der Waals surface area contributed by atoms with E-state index in [0.717, 1.165) is 17.8 Å². The molecule has 0 fully saturated rings. The molecule has 114 valence electrons. The molecular weight excluding hydrogens is 358 g/mol. The lowest BCUT2D eigenvalue weighted by atomic mass is 10.3. The molecule has 0 saturated carbocycles. The lowest BCUT2D eigenvalue weighted by Crippen LogP contribution is -2.14. The molecule has 2 rings (SSSR count). The SMILES string of the molecule is CCc1cc(COc2ccc(Br)cc2S(N)(=O)=O)n(C)n1. The molecular formula is C13H16BrN3O3S. The zero-order valence-corrected chi connectivity index (χ0v) is 14.1. The number of benzene rings is 1. The molecule has 1 aromatic carbocycles. The Labute approximate surface area is 132 Å². The maximum atomic E-state index is 11.6. The fraction of sp³-hybridized carbons (Fsp3) is 0.308. The van der Waals surface area contributed by atoms with Crippen LogP contribution in [0.3, 0.4) is 0 Å². The van der Waals surface area contributed by atoms with Crippen LogP contribution in [0, 0.1) is 0 Å². The molecule has 2 aromatic rings. The van der Waals surface area contributed by atoms with Gasteiger partial charge in [0.15, 0.2) is 0 Å². The first-order chi connectivity index (χ1) is 9.81. The number of sulfonamides is 1. The van der Waals surface area contributed by atoms with Gasteiger partial charge in [0.1, 0.15) is 17.3 Å². The molecule has 0 radical (unpaired) electrons. The number of halogens is 1. The van der Waals surface area contributed by atoms with Crippen LogP contribution in [0.2, 0.25) is 0 Å². The van der Waals surface area contributed by atoms with Crippen LogP contribution in [0.5, 0.6) is 5.75 Å². The summed E-state index contributed by atoms with van der Waals surface area (Å²) >= 11 is 3.22. The molecule has 0 aliphatic carbocycles. The summed E-state index contributed by atoms with van der Waals surface area (Å²) < 4.78 is 31.1. The van der Waals surface area contributed by atoms with Gasteiger partial charge in [-0.3, -0.25) is 4.68 Å². The van der Waals surface area contributed by atoms with E-state index >= 15 is 0 Å². The number of aromatic nitrogens is 2. The van der Waals surface area contributed by atoms with E-state index in [9.17, 15) is 8.42 Å². The Morgan fingerprint density at radius 3 is 2.67 bits per heavy atom. The number of ether oxygens (including phenoxy) is 1. The molecule has 8 heteroatoms. The van der Waals surface area contributed by atoms with Gasteiger partial charge in [0.2, 0.25) is 10.0 Å². The zero-order valence-electron chi connectivity index (χ0n) is 11.7. The summed E-state index contributed by atoms with van der Waals surface area (Å²) in [6.45, 7) is 2.23. The van der Waals surface area contributed by atoms with Crippen LogP contribution in [-0.2, 0) is 30.1 Å². The summed E-state index contributed by atoms with van der Waals surface area (Å²) in [4.78, 5) is -0.0465. The summed E-state index contributed by atoms with van der Waals surface area (Å²) in [5.74, 6) is 0.222. The number of hydrogen-bond acceptors (Lipinski definition) is 4. The number of rotatable bonds is 5. The van der Waals surface area contributed by atoms with Gasteiger partial charge in [-0.1, -0.05) is 22.9 Å². The highest BCUT2D eigenvalue weighted by Gasteiger charge is 2.16. The Kier molecular flexibility index (Phi) is 4.70. The third-order valence-electron chi connectivity index (χ3n) is 2.98. The Bertz CT molecular complexity index is 756. The van der Waals surface area contributed by atoms with Gasteiger partial charge in [-0.2, -0.15) is 5.10 Å². The Hall–Kier alpha value is -1.38. The molecule has 0 amide bonds. The molecule has 0 saturated heterocycles. The fourth-order valence-corrected chi connectivity index (χ4v) is 3.07. The van der Waals surface area contributed by atoms with Crippen molar-refractivity contribution < 1.29 is 13.2 Å².